The third-order valence-electron chi connectivity index (χ3n) is 4.11. The highest BCUT2D eigenvalue weighted by molar-refractivity contribution is 6.29. The molecule has 1 atom stereocenters. The molecule has 22 heavy (non-hydrogen) atoms. The van der Waals surface area contributed by atoms with Crippen molar-refractivity contribution in [3.63, 3.8) is 0 Å². The second-order valence-electron chi connectivity index (χ2n) is 5.85. The summed E-state index contributed by atoms with van der Waals surface area (Å²) >= 11 is 6.05. The number of aromatic nitrogens is 2. The molecule has 1 unspecified atom stereocenters. The molecule has 5 heteroatoms. The lowest BCUT2D eigenvalue weighted by Crippen LogP contribution is -2.51. The van der Waals surface area contributed by atoms with Crippen LogP contribution < -0.4 is 4.90 Å². The molecule has 116 valence electrons. The predicted molar refractivity (Wildman–Crippen MR) is 90.3 cm³/mol. The molecule has 2 aromatic rings. The monoisotopic (exact) mass is 316 g/mol. The summed E-state index contributed by atoms with van der Waals surface area (Å²) in [6.07, 6.45) is 0. The Labute approximate surface area is 136 Å². The van der Waals surface area contributed by atoms with Crippen LogP contribution in [0.15, 0.2) is 36.4 Å². The van der Waals surface area contributed by atoms with E-state index in [2.05, 4.69) is 57.0 Å². The fourth-order valence-electron chi connectivity index (χ4n) is 2.93. The van der Waals surface area contributed by atoms with Crippen LogP contribution in [-0.2, 0) is 6.54 Å². The van der Waals surface area contributed by atoms with Crippen molar-refractivity contribution in [2.75, 3.05) is 24.5 Å². The van der Waals surface area contributed by atoms with Crippen LogP contribution in [0.5, 0.6) is 0 Å². The third-order valence-corrected chi connectivity index (χ3v) is 4.30. The van der Waals surface area contributed by atoms with Crippen LogP contribution >= 0.6 is 11.6 Å². The van der Waals surface area contributed by atoms with Crippen molar-refractivity contribution < 1.29 is 0 Å². The molecule has 0 amide bonds. The highest BCUT2D eigenvalue weighted by atomic mass is 35.5. The molecule has 3 rings (SSSR count). The van der Waals surface area contributed by atoms with Crippen LogP contribution in [0.2, 0.25) is 5.15 Å². The molecule has 1 aromatic carbocycles. The van der Waals surface area contributed by atoms with Crippen LogP contribution in [0.25, 0.3) is 0 Å². The Hall–Kier alpha value is -1.65. The molecule has 2 heterocycles. The van der Waals surface area contributed by atoms with Gasteiger partial charge in [0, 0.05) is 38.3 Å². The van der Waals surface area contributed by atoms with Gasteiger partial charge in [-0.2, -0.15) is 0 Å². The van der Waals surface area contributed by atoms with Gasteiger partial charge in [-0.25, -0.2) is 9.97 Å². The van der Waals surface area contributed by atoms with Crippen LogP contribution in [0.4, 0.5) is 5.82 Å². The Bertz CT molecular complexity index is 612. The van der Waals surface area contributed by atoms with E-state index >= 15 is 0 Å². The van der Waals surface area contributed by atoms with Gasteiger partial charge in [-0.15, -0.1) is 0 Å². The van der Waals surface area contributed by atoms with Crippen molar-refractivity contribution >= 4 is 17.4 Å². The minimum atomic E-state index is 0.475. The van der Waals surface area contributed by atoms with E-state index in [1.165, 1.54) is 5.56 Å². The average Bonchev–Trinajstić information content (AvgIpc) is 2.49. The lowest BCUT2D eigenvalue weighted by molar-refractivity contribution is 0.180. The number of aryl methyl sites for hydroxylation is 1. The first kappa shape index (κ1) is 15.3. The third kappa shape index (κ3) is 3.57. The van der Waals surface area contributed by atoms with Gasteiger partial charge in [0.25, 0.3) is 0 Å². The molecule has 1 fully saturated rings. The number of anilines is 1. The summed E-state index contributed by atoms with van der Waals surface area (Å²) in [5.41, 5.74) is 1.36. The Morgan fingerprint density at radius 3 is 2.64 bits per heavy atom. The molecule has 4 nitrogen and oxygen atoms in total. The minimum absolute atomic E-state index is 0.475. The Morgan fingerprint density at radius 1 is 1.18 bits per heavy atom. The van der Waals surface area contributed by atoms with E-state index in [4.69, 9.17) is 11.6 Å². The number of hydrogen-bond donors (Lipinski definition) is 0. The normalized spacial score (nSPS) is 19.4. The average molecular weight is 317 g/mol. The van der Waals surface area contributed by atoms with E-state index < -0.39 is 0 Å². The molecule has 1 aliphatic rings. The van der Waals surface area contributed by atoms with E-state index in [0.717, 1.165) is 37.8 Å². The first-order chi connectivity index (χ1) is 10.6. The highest BCUT2D eigenvalue weighted by Crippen LogP contribution is 2.21. The van der Waals surface area contributed by atoms with Crippen LogP contribution in [0.1, 0.15) is 18.3 Å². The summed E-state index contributed by atoms with van der Waals surface area (Å²) < 4.78 is 0. The highest BCUT2D eigenvalue weighted by Gasteiger charge is 2.24. The first-order valence-electron chi connectivity index (χ1n) is 7.66. The van der Waals surface area contributed by atoms with Crippen LogP contribution in [0.3, 0.4) is 0 Å². The minimum Gasteiger partial charge on any atom is -0.354 e. The summed E-state index contributed by atoms with van der Waals surface area (Å²) in [6, 6.07) is 13.0. The summed E-state index contributed by atoms with van der Waals surface area (Å²) in [5, 5.41) is 0.516. The van der Waals surface area contributed by atoms with Gasteiger partial charge >= 0.3 is 0 Å². The smallest absolute Gasteiger partial charge is 0.134 e. The van der Waals surface area contributed by atoms with Gasteiger partial charge in [0.05, 0.1) is 0 Å². The van der Waals surface area contributed by atoms with Gasteiger partial charge in [0.15, 0.2) is 0 Å². The number of benzene rings is 1. The fraction of sp³-hybridized carbons (Fsp3) is 0.412. The molecule has 0 saturated carbocycles. The lowest BCUT2D eigenvalue weighted by atomic mass is 10.1. The van der Waals surface area contributed by atoms with Crippen molar-refractivity contribution in [3.8, 4) is 0 Å². The molecule has 0 aliphatic carbocycles. The van der Waals surface area contributed by atoms with E-state index in [1.54, 1.807) is 0 Å². The van der Waals surface area contributed by atoms with Crippen molar-refractivity contribution in [2.45, 2.75) is 26.4 Å². The summed E-state index contributed by atoms with van der Waals surface area (Å²) in [7, 11) is 0. The summed E-state index contributed by atoms with van der Waals surface area (Å²) in [4.78, 5) is 13.5. The fourth-order valence-corrected chi connectivity index (χ4v) is 3.15. The maximum absolute atomic E-state index is 6.05. The summed E-state index contributed by atoms with van der Waals surface area (Å²) in [5.74, 6) is 1.66. The molecule has 0 bridgehead atoms. The molecule has 1 aliphatic heterocycles. The second kappa shape index (κ2) is 6.63. The van der Waals surface area contributed by atoms with E-state index in [9.17, 15) is 0 Å². The van der Waals surface area contributed by atoms with Gasteiger partial charge in [0.2, 0.25) is 0 Å². The SMILES string of the molecule is Cc1nc(Cl)cc(N2CCN(Cc3ccccc3)C(C)C2)n1. The van der Waals surface area contributed by atoms with Gasteiger partial charge in [-0.1, -0.05) is 41.9 Å². The van der Waals surface area contributed by atoms with Gasteiger partial charge in [-0.3, -0.25) is 4.90 Å². The molecular formula is C17H21ClN4. The van der Waals surface area contributed by atoms with Crippen LogP contribution in [-0.4, -0.2) is 40.5 Å². The Morgan fingerprint density at radius 2 is 1.95 bits per heavy atom. The Balaban J connectivity index is 1.67. The van der Waals surface area contributed by atoms with Crippen molar-refractivity contribution in [1.29, 1.82) is 0 Å². The lowest BCUT2D eigenvalue weighted by Gasteiger charge is -2.40. The number of hydrogen-bond acceptors (Lipinski definition) is 4. The molecule has 0 spiro atoms. The standard InChI is InChI=1S/C17H21ClN4/c1-13-11-22(17-10-16(18)19-14(2)20-17)9-8-21(13)12-15-6-4-3-5-7-15/h3-7,10,13H,8-9,11-12H2,1-2H3. The first-order valence-corrected chi connectivity index (χ1v) is 8.04. The van der Waals surface area contributed by atoms with E-state index in [-0.39, 0.29) is 0 Å². The zero-order chi connectivity index (χ0) is 15.5. The molecule has 0 N–H and O–H groups in total. The number of rotatable bonds is 3. The van der Waals surface area contributed by atoms with Crippen molar-refractivity contribution in [1.82, 2.24) is 14.9 Å². The molecule has 1 saturated heterocycles. The van der Waals surface area contributed by atoms with Crippen molar-refractivity contribution in [2.24, 2.45) is 0 Å². The zero-order valence-corrected chi connectivity index (χ0v) is 13.8. The van der Waals surface area contributed by atoms with Crippen molar-refractivity contribution in [3.05, 3.63) is 52.9 Å². The number of nitrogens with zero attached hydrogens (tertiary/aromatic N) is 4. The maximum atomic E-state index is 6.05. The van der Waals surface area contributed by atoms with Gasteiger partial charge in [0.1, 0.15) is 16.8 Å². The zero-order valence-electron chi connectivity index (χ0n) is 13.0. The molecular weight excluding hydrogens is 296 g/mol. The number of halogens is 1. The van der Waals surface area contributed by atoms with Crippen LogP contribution in [0, 0.1) is 6.92 Å². The van der Waals surface area contributed by atoms with E-state index in [1.807, 2.05) is 13.0 Å². The molecule has 0 radical (unpaired) electrons. The number of piperazine rings is 1. The largest absolute Gasteiger partial charge is 0.354 e. The second-order valence-corrected chi connectivity index (χ2v) is 6.23. The van der Waals surface area contributed by atoms with Gasteiger partial charge < -0.3 is 4.90 Å². The van der Waals surface area contributed by atoms with E-state index in [0.29, 0.717) is 11.2 Å². The predicted octanol–water partition coefficient (Wildman–Crippen LogP) is 3.15. The molecule has 1 aromatic heterocycles. The Kier molecular flexibility index (Phi) is 4.60. The quantitative estimate of drug-likeness (QED) is 0.814. The summed E-state index contributed by atoms with van der Waals surface area (Å²) in [6.45, 7) is 8.09. The topological polar surface area (TPSA) is 32.3 Å². The van der Waals surface area contributed by atoms with Gasteiger partial charge in [-0.05, 0) is 19.4 Å². The maximum Gasteiger partial charge on any atom is 0.134 e.